The Morgan fingerprint density at radius 2 is 1.38 bits per heavy atom. The number of benzene rings is 1. The largest absolute Gasteiger partial charge is 0.480 e. The predicted molar refractivity (Wildman–Crippen MR) is 198 cm³/mol. The molecule has 18 heteroatoms. The van der Waals surface area contributed by atoms with E-state index >= 15 is 0 Å². The summed E-state index contributed by atoms with van der Waals surface area (Å²) in [6.07, 6.45) is 3.80. The summed E-state index contributed by atoms with van der Waals surface area (Å²) in [7, 11) is 0. The van der Waals surface area contributed by atoms with Crippen molar-refractivity contribution in [2.24, 2.45) is 34.0 Å². The maximum atomic E-state index is 13.7. The number of hydrogen-bond donors (Lipinski definition) is 10. The molecule has 0 bridgehead atoms. The summed E-state index contributed by atoms with van der Waals surface area (Å²) in [6, 6.07) is 3.75. The lowest BCUT2D eigenvalue weighted by molar-refractivity contribution is -0.141. The molecule has 0 spiro atoms. The molecule has 1 aromatic carbocycles. The van der Waals surface area contributed by atoms with E-state index < -0.39 is 72.3 Å². The highest BCUT2D eigenvalue weighted by atomic mass is 16.4. The highest BCUT2D eigenvalue weighted by Gasteiger charge is 2.31. The van der Waals surface area contributed by atoms with Crippen LogP contribution in [0.5, 0.6) is 0 Å². The van der Waals surface area contributed by atoms with Crippen LogP contribution in [0.1, 0.15) is 64.6 Å². The van der Waals surface area contributed by atoms with Crippen LogP contribution < -0.4 is 43.8 Å². The van der Waals surface area contributed by atoms with Crippen LogP contribution in [0.4, 0.5) is 0 Å². The van der Waals surface area contributed by atoms with Gasteiger partial charge in [0.05, 0.1) is 18.9 Å². The minimum absolute atomic E-state index is 0.000485. The number of rotatable bonds is 23. The van der Waals surface area contributed by atoms with Gasteiger partial charge in [-0.1, -0.05) is 58.0 Å². The lowest BCUT2D eigenvalue weighted by Gasteiger charge is -2.27. The number of guanidine groups is 1. The monoisotopic (exact) mass is 741 g/mol. The molecular weight excluding hydrogens is 686 g/mol. The highest BCUT2D eigenvalue weighted by molar-refractivity contribution is 5.95. The molecular formula is C35H55N11O7. The highest BCUT2D eigenvalue weighted by Crippen LogP contribution is 2.11. The predicted octanol–water partition coefficient (Wildman–Crippen LogP) is -1.19. The van der Waals surface area contributed by atoms with E-state index in [9.17, 15) is 33.9 Å². The normalized spacial score (nSPS) is 13.9. The number of hydrogen-bond acceptors (Lipinski definition) is 9. The third kappa shape index (κ3) is 17.0. The van der Waals surface area contributed by atoms with Gasteiger partial charge < -0.3 is 53.9 Å². The number of aromatic nitrogens is 2. The van der Waals surface area contributed by atoms with E-state index in [4.69, 9.17) is 17.2 Å². The minimum atomic E-state index is -1.29. The zero-order chi connectivity index (χ0) is 39.5. The van der Waals surface area contributed by atoms with Gasteiger partial charge in [0.25, 0.3) is 0 Å². The van der Waals surface area contributed by atoms with Crippen molar-refractivity contribution in [1.29, 1.82) is 0 Å². The number of aliphatic carboxylic acids is 1. The van der Waals surface area contributed by atoms with Gasteiger partial charge in [0, 0.05) is 24.9 Å². The Balaban J connectivity index is 2.16. The van der Waals surface area contributed by atoms with E-state index in [0.29, 0.717) is 5.69 Å². The zero-order valence-electron chi connectivity index (χ0n) is 30.8. The molecule has 0 aliphatic heterocycles. The Morgan fingerprint density at radius 1 is 0.792 bits per heavy atom. The second kappa shape index (κ2) is 22.4. The topological polar surface area (TPSA) is 302 Å². The first-order valence-corrected chi connectivity index (χ1v) is 17.6. The van der Waals surface area contributed by atoms with E-state index in [2.05, 4.69) is 41.5 Å². The fourth-order valence-electron chi connectivity index (χ4n) is 5.31. The SMILES string of the molecule is CC(C)C[C@H](NC(=O)[C@H](CC(C)C)NC(=O)[C@@H](N)Cc1ccccc1)C(=O)N[C@@H](CCCN=C(N)N)C(=O)NCC(=O)N[C@@H](Cc1cnc[nH]1)C(=O)O. The molecule has 53 heavy (non-hydrogen) atoms. The molecule has 0 fully saturated rings. The van der Waals surface area contributed by atoms with Crippen molar-refractivity contribution in [3.8, 4) is 0 Å². The third-order valence-corrected chi connectivity index (χ3v) is 7.93. The smallest absolute Gasteiger partial charge is 0.326 e. The van der Waals surface area contributed by atoms with E-state index in [0.717, 1.165) is 5.56 Å². The van der Waals surface area contributed by atoms with Gasteiger partial charge in [-0.3, -0.25) is 29.0 Å². The molecule has 0 unspecified atom stereocenters. The summed E-state index contributed by atoms with van der Waals surface area (Å²) >= 11 is 0. The standard InChI is InChI=1S/C35H55N11O7/c1-20(2)13-26(45-30(48)24(36)15-22-9-6-5-7-10-22)33(51)46-27(14-21(3)4)32(50)44-25(11-8-12-40-35(37)38)31(49)41-18-29(47)43-28(34(52)53)16-23-17-39-19-42-23/h5-7,9-10,17,19-21,24-28H,8,11-16,18,36H2,1-4H3,(H,39,42)(H,41,49)(H,43,47)(H,44,50)(H,45,48)(H,46,51)(H,52,53)(H4,37,38,40)/t24-,25-,26-,27-,28-/m0/s1. The fraction of sp³-hybridized carbons (Fsp3) is 0.543. The molecule has 0 saturated heterocycles. The van der Waals surface area contributed by atoms with Gasteiger partial charge in [-0.15, -0.1) is 0 Å². The summed E-state index contributed by atoms with van der Waals surface area (Å²) in [5.74, 6) is -4.78. The van der Waals surface area contributed by atoms with Crippen LogP contribution in [-0.2, 0) is 41.6 Å². The number of carbonyl (C=O) groups excluding carboxylic acids is 5. The molecule has 1 heterocycles. The molecule has 292 valence electrons. The van der Waals surface area contributed by atoms with E-state index in [1.165, 1.54) is 12.5 Å². The van der Waals surface area contributed by atoms with Crippen LogP contribution in [0.3, 0.4) is 0 Å². The molecule has 0 aliphatic rings. The van der Waals surface area contributed by atoms with Gasteiger partial charge >= 0.3 is 5.97 Å². The van der Waals surface area contributed by atoms with Crippen molar-refractivity contribution in [3.63, 3.8) is 0 Å². The fourth-order valence-corrected chi connectivity index (χ4v) is 5.31. The lowest BCUT2D eigenvalue weighted by atomic mass is 9.99. The average molecular weight is 742 g/mol. The number of nitrogens with two attached hydrogens (primary N) is 3. The number of imidazole rings is 1. The number of nitrogens with zero attached hydrogens (tertiary/aromatic N) is 2. The zero-order valence-corrected chi connectivity index (χ0v) is 30.8. The second-order valence-electron chi connectivity index (χ2n) is 13.6. The van der Waals surface area contributed by atoms with Crippen LogP contribution in [-0.4, -0.2) is 99.8 Å². The third-order valence-electron chi connectivity index (χ3n) is 7.93. The lowest BCUT2D eigenvalue weighted by Crippen LogP contribution is -2.58. The Hall–Kier alpha value is -5.52. The molecule has 13 N–H and O–H groups in total. The van der Waals surface area contributed by atoms with Gasteiger partial charge in [0.2, 0.25) is 29.5 Å². The number of amides is 5. The Labute approximate surface area is 309 Å². The Bertz CT molecular complexity index is 1510. The van der Waals surface area contributed by atoms with Gasteiger partial charge in [-0.25, -0.2) is 9.78 Å². The van der Waals surface area contributed by atoms with Crippen molar-refractivity contribution in [2.75, 3.05) is 13.1 Å². The minimum Gasteiger partial charge on any atom is -0.480 e. The number of carbonyl (C=O) groups is 6. The van der Waals surface area contributed by atoms with Crippen molar-refractivity contribution < 1.29 is 33.9 Å². The molecule has 0 saturated carbocycles. The van der Waals surface area contributed by atoms with Crippen LogP contribution >= 0.6 is 0 Å². The Morgan fingerprint density at radius 3 is 1.91 bits per heavy atom. The molecule has 1 aromatic heterocycles. The number of carboxylic acids is 1. The number of aliphatic imine (C=N–C) groups is 1. The van der Waals surface area contributed by atoms with Crippen LogP contribution in [0.2, 0.25) is 0 Å². The number of aromatic amines is 1. The first-order valence-electron chi connectivity index (χ1n) is 17.6. The summed E-state index contributed by atoms with van der Waals surface area (Å²) in [4.78, 5) is 88.6. The van der Waals surface area contributed by atoms with Gasteiger partial charge in [0.1, 0.15) is 24.2 Å². The Kier molecular flexibility index (Phi) is 18.5. The summed E-state index contributed by atoms with van der Waals surface area (Å²) in [6.45, 7) is 7.06. The van der Waals surface area contributed by atoms with Crippen molar-refractivity contribution in [3.05, 3.63) is 54.1 Å². The molecule has 5 amide bonds. The summed E-state index contributed by atoms with van der Waals surface area (Å²) in [5, 5.41) is 22.5. The molecule has 18 nitrogen and oxygen atoms in total. The van der Waals surface area contributed by atoms with Crippen LogP contribution in [0.25, 0.3) is 0 Å². The average Bonchev–Trinajstić information content (AvgIpc) is 3.60. The van der Waals surface area contributed by atoms with Crippen LogP contribution in [0, 0.1) is 11.8 Å². The van der Waals surface area contributed by atoms with E-state index in [1.54, 1.807) is 0 Å². The molecule has 0 aliphatic carbocycles. The van der Waals surface area contributed by atoms with Gasteiger partial charge in [-0.2, -0.15) is 0 Å². The maximum Gasteiger partial charge on any atom is 0.326 e. The second-order valence-corrected chi connectivity index (χ2v) is 13.6. The maximum absolute atomic E-state index is 13.7. The number of H-pyrrole nitrogens is 1. The van der Waals surface area contributed by atoms with E-state index in [1.807, 2.05) is 58.0 Å². The molecule has 0 radical (unpaired) electrons. The van der Waals surface area contributed by atoms with Gasteiger partial charge in [-0.05, 0) is 49.5 Å². The summed E-state index contributed by atoms with van der Waals surface area (Å²) < 4.78 is 0. The van der Waals surface area contributed by atoms with Crippen molar-refractivity contribution >= 4 is 41.5 Å². The first kappa shape index (κ1) is 43.6. The molecule has 2 rings (SSSR count). The number of nitrogens with one attached hydrogen (secondary N) is 6. The van der Waals surface area contributed by atoms with Crippen LogP contribution in [0.15, 0.2) is 47.8 Å². The first-order chi connectivity index (χ1) is 25.0. The van der Waals surface area contributed by atoms with Crippen molar-refractivity contribution in [1.82, 2.24) is 36.6 Å². The van der Waals surface area contributed by atoms with E-state index in [-0.39, 0.29) is 62.9 Å². The number of carboxylic acid groups (broad SMARTS) is 1. The molecule has 2 aromatic rings. The van der Waals surface area contributed by atoms with Gasteiger partial charge in [0.15, 0.2) is 5.96 Å². The quantitative estimate of drug-likeness (QED) is 0.0367. The molecule has 5 atom stereocenters. The van der Waals surface area contributed by atoms with Crippen molar-refractivity contribution in [2.45, 2.75) is 96.4 Å². The summed E-state index contributed by atoms with van der Waals surface area (Å²) in [5.41, 5.74) is 18.4.